The Morgan fingerprint density at radius 3 is 3.21 bits per heavy atom. The van der Waals surface area contributed by atoms with Gasteiger partial charge in [0.15, 0.2) is 5.13 Å². The number of carbonyl (C=O) groups is 1. The Kier molecular flexibility index (Phi) is 3.16. The minimum atomic E-state index is 0.0970. The molecule has 0 fully saturated rings. The Hall–Kier alpha value is -1.95. The van der Waals surface area contributed by atoms with Crippen LogP contribution in [0.1, 0.15) is 17.0 Å². The first kappa shape index (κ1) is 12.1. The largest absolute Gasteiger partial charge is 0.375 e. The molecule has 2 aromatic heterocycles. The zero-order chi connectivity index (χ0) is 13.2. The highest BCUT2D eigenvalue weighted by Gasteiger charge is 2.21. The van der Waals surface area contributed by atoms with Gasteiger partial charge in [0.05, 0.1) is 12.1 Å². The number of carbonyl (C=O) groups excluding carboxylic acids is 1. The number of hydrogen-bond acceptors (Lipinski definition) is 5. The molecule has 0 bridgehead atoms. The summed E-state index contributed by atoms with van der Waals surface area (Å²) in [6.07, 6.45) is 2.94. The van der Waals surface area contributed by atoms with Gasteiger partial charge in [-0.3, -0.25) is 9.78 Å². The zero-order valence-corrected chi connectivity index (χ0v) is 11.2. The van der Waals surface area contributed by atoms with Gasteiger partial charge in [-0.25, -0.2) is 4.98 Å². The van der Waals surface area contributed by atoms with E-state index in [0.29, 0.717) is 18.1 Å². The Morgan fingerprint density at radius 1 is 1.53 bits per heavy atom. The number of nitrogens with two attached hydrogens (primary N) is 1. The lowest BCUT2D eigenvalue weighted by Gasteiger charge is -2.28. The number of thiazole rings is 1. The van der Waals surface area contributed by atoms with Gasteiger partial charge in [0.25, 0.3) is 0 Å². The molecule has 19 heavy (non-hydrogen) atoms. The van der Waals surface area contributed by atoms with E-state index in [2.05, 4.69) is 9.97 Å². The summed E-state index contributed by atoms with van der Waals surface area (Å²) < 4.78 is 0. The number of rotatable bonds is 2. The van der Waals surface area contributed by atoms with Crippen molar-refractivity contribution in [2.75, 3.05) is 12.3 Å². The average Bonchev–Trinajstić information content (AvgIpc) is 2.83. The molecule has 6 heteroatoms. The maximum absolute atomic E-state index is 12.2. The highest BCUT2D eigenvalue weighted by Crippen LogP contribution is 2.18. The van der Waals surface area contributed by atoms with Crippen molar-refractivity contribution >= 4 is 22.4 Å². The molecule has 2 aromatic rings. The molecule has 0 spiro atoms. The minimum Gasteiger partial charge on any atom is -0.375 e. The van der Waals surface area contributed by atoms with Crippen molar-refractivity contribution in [2.24, 2.45) is 0 Å². The molecule has 98 valence electrons. The Balaban J connectivity index is 1.69. The second kappa shape index (κ2) is 4.97. The van der Waals surface area contributed by atoms with Crippen molar-refractivity contribution in [3.63, 3.8) is 0 Å². The third-order valence-electron chi connectivity index (χ3n) is 3.22. The van der Waals surface area contributed by atoms with Crippen LogP contribution in [0.4, 0.5) is 5.13 Å². The van der Waals surface area contributed by atoms with Gasteiger partial charge in [0.2, 0.25) is 5.91 Å². The molecular formula is C13H14N4OS. The maximum Gasteiger partial charge on any atom is 0.228 e. The lowest BCUT2D eigenvalue weighted by atomic mass is 10.1. The van der Waals surface area contributed by atoms with Gasteiger partial charge in [-0.15, -0.1) is 11.3 Å². The first-order valence-electron chi connectivity index (χ1n) is 6.13. The molecule has 0 saturated carbocycles. The van der Waals surface area contributed by atoms with Gasteiger partial charge in [0, 0.05) is 36.8 Å². The van der Waals surface area contributed by atoms with Crippen LogP contribution in [0, 0.1) is 0 Å². The van der Waals surface area contributed by atoms with E-state index in [-0.39, 0.29) is 5.91 Å². The van der Waals surface area contributed by atoms with E-state index in [1.807, 2.05) is 22.4 Å². The molecule has 0 radical (unpaired) electrons. The van der Waals surface area contributed by atoms with Crippen molar-refractivity contribution in [3.05, 3.63) is 40.7 Å². The summed E-state index contributed by atoms with van der Waals surface area (Å²) in [6, 6.07) is 3.94. The molecule has 3 rings (SSSR count). The molecule has 1 aliphatic heterocycles. The van der Waals surface area contributed by atoms with Crippen molar-refractivity contribution in [2.45, 2.75) is 19.4 Å². The van der Waals surface area contributed by atoms with Crippen molar-refractivity contribution in [1.82, 2.24) is 14.9 Å². The molecule has 5 nitrogen and oxygen atoms in total. The summed E-state index contributed by atoms with van der Waals surface area (Å²) in [5, 5.41) is 2.35. The Bertz CT molecular complexity index is 610. The number of pyridine rings is 1. The number of nitrogen functional groups attached to an aromatic ring is 1. The smallest absolute Gasteiger partial charge is 0.228 e. The summed E-state index contributed by atoms with van der Waals surface area (Å²) in [6.45, 7) is 1.37. The fourth-order valence-electron chi connectivity index (χ4n) is 2.25. The summed E-state index contributed by atoms with van der Waals surface area (Å²) >= 11 is 1.37. The molecule has 2 N–H and O–H groups in total. The first-order valence-corrected chi connectivity index (χ1v) is 7.01. The van der Waals surface area contributed by atoms with E-state index < -0.39 is 0 Å². The predicted octanol–water partition coefficient (Wildman–Crippen LogP) is 1.25. The minimum absolute atomic E-state index is 0.0970. The van der Waals surface area contributed by atoms with Gasteiger partial charge < -0.3 is 10.6 Å². The van der Waals surface area contributed by atoms with E-state index >= 15 is 0 Å². The number of hydrogen-bond donors (Lipinski definition) is 1. The van der Waals surface area contributed by atoms with Crippen LogP contribution in [0.2, 0.25) is 0 Å². The fourth-order valence-corrected chi connectivity index (χ4v) is 2.81. The molecule has 0 saturated heterocycles. The topological polar surface area (TPSA) is 72.1 Å². The number of anilines is 1. The highest BCUT2D eigenvalue weighted by atomic mass is 32.1. The van der Waals surface area contributed by atoms with E-state index in [4.69, 9.17) is 5.73 Å². The van der Waals surface area contributed by atoms with Crippen LogP contribution in [-0.4, -0.2) is 27.3 Å². The van der Waals surface area contributed by atoms with E-state index in [1.165, 1.54) is 11.3 Å². The van der Waals surface area contributed by atoms with Crippen LogP contribution in [0.5, 0.6) is 0 Å². The maximum atomic E-state index is 12.2. The monoisotopic (exact) mass is 274 g/mol. The molecule has 0 aromatic carbocycles. The second-order valence-electron chi connectivity index (χ2n) is 4.53. The number of nitrogens with zero attached hydrogens (tertiary/aromatic N) is 3. The van der Waals surface area contributed by atoms with Crippen molar-refractivity contribution in [1.29, 1.82) is 0 Å². The SMILES string of the molecule is Nc1nc(CC(=O)N2CCc3ncccc3C2)cs1. The van der Waals surface area contributed by atoms with Gasteiger partial charge >= 0.3 is 0 Å². The molecular weight excluding hydrogens is 260 g/mol. The van der Waals surface area contributed by atoms with Gasteiger partial charge in [-0.1, -0.05) is 6.07 Å². The first-order chi connectivity index (χ1) is 9.22. The summed E-state index contributed by atoms with van der Waals surface area (Å²) in [5.41, 5.74) is 8.56. The second-order valence-corrected chi connectivity index (χ2v) is 5.42. The summed E-state index contributed by atoms with van der Waals surface area (Å²) in [7, 11) is 0. The molecule has 0 atom stereocenters. The lowest BCUT2D eigenvalue weighted by Crippen LogP contribution is -2.37. The molecule has 0 unspecified atom stereocenters. The van der Waals surface area contributed by atoms with Gasteiger partial charge in [-0.05, 0) is 11.6 Å². The standard InChI is InChI=1S/C13H14N4OS/c14-13-16-10(8-19-13)6-12(18)17-5-3-11-9(7-17)2-1-4-15-11/h1-2,4,8H,3,5-7H2,(H2,14,16). The quantitative estimate of drug-likeness (QED) is 0.894. The van der Waals surface area contributed by atoms with Crippen LogP contribution in [0.3, 0.4) is 0 Å². The Morgan fingerprint density at radius 2 is 2.42 bits per heavy atom. The van der Waals surface area contributed by atoms with E-state index in [9.17, 15) is 4.79 Å². The fraction of sp³-hybridized carbons (Fsp3) is 0.308. The third kappa shape index (κ3) is 2.58. The van der Waals surface area contributed by atoms with Crippen LogP contribution in [0.25, 0.3) is 0 Å². The predicted molar refractivity (Wildman–Crippen MR) is 73.6 cm³/mol. The number of fused-ring (bicyclic) bond motifs is 1. The van der Waals surface area contributed by atoms with Crippen molar-refractivity contribution < 1.29 is 4.79 Å². The summed E-state index contributed by atoms with van der Waals surface area (Å²) in [4.78, 5) is 22.5. The zero-order valence-electron chi connectivity index (χ0n) is 10.4. The van der Waals surface area contributed by atoms with E-state index in [0.717, 1.165) is 29.9 Å². The molecule has 3 heterocycles. The summed E-state index contributed by atoms with van der Waals surface area (Å²) in [5.74, 6) is 0.0970. The lowest BCUT2D eigenvalue weighted by molar-refractivity contribution is -0.131. The molecule has 1 aliphatic rings. The van der Waals surface area contributed by atoms with Crippen LogP contribution in [-0.2, 0) is 24.2 Å². The van der Waals surface area contributed by atoms with E-state index in [1.54, 1.807) is 6.20 Å². The Labute approximate surface area is 115 Å². The van der Waals surface area contributed by atoms with Crippen molar-refractivity contribution in [3.8, 4) is 0 Å². The molecule has 0 aliphatic carbocycles. The van der Waals surface area contributed by atoms with Gasteiger partial charge in [-0.2, -0.15) is 0 Å². The normalized spacial score (nSPS) is 14.2. The number of amides is 1. The highest BCUT2D eigenvalue weighted by molar-refractivity contribution is 7.13. The third-order valence-corrected chi connectivity index (χ3v) is 3.94. The van der Waals surface area contributed by atoms with Crippen LogP contribution in [0.15, 0.2) is 23.7 Å². The average molecular weight is 274 g/mol. The molecule has 1 amide bonds. The van der Waals surface area contributed by atoms with Gasteiger partial charge in [0.1, 0.15) is 0 Å². The van der Waals surface area contributed by atoms with Crippen LogP contribution < -0.4 is 5.73 Å². The number of aromatic nitrogens is 2. The van der Waals surface area contributed by atoms with Crippen LogP contribution >= 0.6 is 11.3 Å².